The lowest BCUT2D eigenvalue weighted by atomic mass is 10.1. The summed E-state index contributed by atoms with van der Waals surface area (Å²) in [5.74, 6) is 0.184. The Balaban J connectivity index is 2.38. The molecule has 0 atom stereocenters. The summed E-state index contributed by atoms with van der Waals surface area (Å²) in [5, 5.41) is 5.65. The van der Waals surface area contributed by atoms with Crippen molar-refractivity contribution in [3.63, 3.8) is 0 Å². The smallest absolute Gasteiger partial charge is 0.340 e. The Labute approximate surface area is 116 Å². The number of aryl methyl sites for hydroxylation is 2. The fourth-order valence-electron chi connectivity index (χ4n) is 1.88. The maximum absolute atomic E-state index is 12.0. The number of aromatic nitrogens is 2. The fourth-order valence-corrected chi connectivity index (χ4v) is 1.88. The zero-order valence-corrected chi connectivity index (χ0v) is 11.7. The van der Waals surface area contributed by atoms with Crippen molar-refractivity contribution in [2.75, 3.05) is 11.9 Å². The molecule has 106 valence electrons. The van der Waals surface area contributed by atoms with Crippen LogP contribution in [0.15, 0.2) is 29.1 Å². The van der Waals surface area contributed by atoms with E-state index in [1.54, 1.807) is 30.8 Å². The van der Waals surface area contributed by atoms with Gasteiger partial charge in [0.1, 0.15) is 5.82 Å². The summed E-state index contributed by atoms with van der Waals surface area (Å²) in [6.07, 6.45) is 0. The SMILES string of the molecule is CCOC(=O)c1cc(C)ccc1Nc1cc(=O)[nH]n1C. The van der Waals surface area contributed by atoms with E-state index in [2.05, 4.69) is 10.4 Å². The lowest BCUT2D eigenvalue weighted by molar-refractivity contribution is 0.0527. The average Bonchev–Trinajstić information content (AvgIpc) is 2.70. The molecule has 0 amide bonds. The lowest BCUT2D eigenvalue weighted by Crippen LogP contribution is -2.09. The van der Waals surface area contributed by atoms with Crippen LogP contribution in [0.3, 0.4) is 0 Å². The number of benzene rings is 1. The summed E-state index contributed by atoms with van der Waals surface area (Å²) in [5.41, 5.74) is 1.80. The molecule has 0 saturated carbocycles. The summed E-state index contributed by atoms with van der Waals surface area (Å²) in [6, 6.07) is 6.86. The number of nitrogens with one attached hydrogen (secondary N) is 2. The van der Waals surface area contributed by atoms with E-state index in [0.717, 1.165) is 5.56 Å². The highest BCUT2D eigenvalue weighted by Gasteiger charge is 2.14. The van der Waals surface area contributed by atoms with Gasteiger partial charge in [-0.3, -0.25) is 14.6 Å². The van der Waals surface area contributed by atoms with E-state index in [4.69, 9.17) is 4.74 Å². The largest absolute Gasteiger partial charge is 0.462 e. The fraction of sp³-hybridized carbons (Fsp3) is 0.286. The first-order chi connectivity index (χ1) is 9.51. The van der Waals surface area contributed by atoms with Crippen LogP contribution in [0.5, 0.6) is 0 Å². The van der Waals surface area contributed by atoms with E-state index >= 15 is 0 Å². The van der Waals surface area contributed by atoms with E-state index in [9.17, 15) is 9.59 Å². The topological polar surface area (TPSA) is 76.1 Å². The van der Waals surface area contributed by atoms with Crippen molar-refractivity contribution in [2.24, 2.45) is 7.05 Å². The van der Waals surface area contributed by atoms with Crippen LogP contribution < -0.4 is 10.9 Å². The predicted molar refractivity (Wildman–Crippen MR) is 76.5 cm³/mol. The first-order valence-electron chi connectivity index (χ1n) is 6.32. The van der Waals surface area contributed by atoms with E-state index in [-0.39, 0.29) is 11.5 Å². The van der Waals surface area contributed by atoms with Crippen LogP contribution in [-0.2, 0) is 11.8 Å². The van der Waals surface area contributed by atoms with Crippen LogP contribution in [0.4, 0.5) is 11.5 Å². The van der Waals surface area contributed by atoms with Crippen molar-refractivity contribution < 1.29 is 9.53 Å². The Morgan fingerprint density at radius 1 is 1.40 bits per heavy atom. The van der Waals surface area contributed by atoms with Crippen LogP contribution in [0.2, 0.25) is 0 Å². The first kappa shape index (κ1) is 13.9. The molecule has 2 rings (SSSR count). The van der Waals surface area contributed by atoms with Gasteiger partial charge in [0.05, 0.1) is 17.9 Å². The summed E-state index contributed by atoms with van der Waals surface area (Å²) in [6.45, 7) is 3.98. The third-order valence-corrected chi connectivity index (χ3v) is 2.84. The highest BCUT2D eigenvalue weighted by molar-refractivity contribution is 5.96. The second kappa shape index (κ2) is 5.64. The van der Waals surface area contributed by atoms with Gasteiger partial charge < -0.3 is 10.1 Å². The van der Waals surface area contributed by atoms with Crippen LogP contribution in [-0.4, -0.2) is 22.4 Å². The Morgan fingerprint density at radius 3 is 2.75 bits per heavy atom. The minimum absolute atomic E-state index is 0.209. The third-order valence-electron chi connectivity index (χ3n) is 2.84. The molecule has 0 unspecified atom stereocenters. The average molecular weight is 275 g/mol. The maximum atomic E-state index is 12.0. The van der Waals surface area contributed by atoms with Gasteiger partial charge in [0.15, 0.2) is 0 Å². The minimum Gasteiger partial charge on any atom is -0.462 e. The maximum Gasteiger partial charge on any atom is 0.340 e. The molecule has 0 aliphatic heterocycles. The number of H-pyrrole nitrogens is 1. The zero-order valence-electron chi connectivity index (χ0n) is 11.7. The van der Waals surface area contributed by atoms with Crippen LogP contribution >= 0.6 is 0 Å². The number of anilines is 2. The quantitative estimate of drug-likeness (QED) is 0.836. The van der Waals surface area contributed by atoms with E-state index < -0.39 is 0 Å². The van der Waals surface area contributed by atoms with E-state index in [1.807, 2.05) is 13.0 Å². The Morgan fingerprint density at radius 2 is 2.15 bits per heavy atom. The van der Waals surface area contributed by atoms with Gasteiger partial charge in [0, 0.05) is 13.1 Å². The van der Waals surface area contributed by atoms with Gasteiger partial charge in [0.2, 0.25) is 0 Å². The van der Waals surface area contributed by atoms with Crippen LogP contribution in [0.25, 0.3) is 0 Å². The molecule has 0 aliphatic rings. The number of ether oxygens (including phenoxy) is 1. The molecule has 0 saturated heterocycles. The molecule has 20 heavy (non-hydrogen) atoms. The highest BCUT2D eigenvalue weighted by Crippen LogP contribution is 2.22. The number of aromatic amines is 1. The number of carbonyl (C=O) groups is 1. The van der Waals surface area contributed by atoms with Crippen molar-refractivity contribution in [3.8, 4) is 0 Å². The molecule has 0 radical (unpaired) electrons. The number of esters is 1. The van der Waals surface area contributed by atoms with Gasteiger partial charge in [-0.05, 0) is 26.0 Å². The van der Waals surface area contributed by atoms with Crippen molar-refractivity contribution in [1.29, 1.82) is 0 Å². The van der Waals surface area contributed by atoms with Gasteiger partial charge >= 0.3 is 5.97 Å². The molecule has 1 aromatic heterocycles. The first-order valence-corrected chi connectivity index (χ1v) is 6.32. The number of rotatable bonds is 4. The zero-order chi connectivity index (χ0) is 14.7. The number of carbonyl (C=O) groups excluding carboxylic acids is 1. The van der Waals surface area contributed by atoms with Crippen LogP contribution in [0.1, 0.15) is 22.8 Å². The summed E-state index contributed by atoms with van der Waals surface area (Å²) >= 11 is 0. The molecule has 1 heterocycles. The molecule has 0 aliphatic carbocycles. The van der Waals surface area contributed by atoms with Crippen molar-refractivity contribution in [1.82, 2.24) is 9.78 Å². The molecular formula is C14H17N3O3. The number of hydrogen-bond acceptors (Lipinski definition) is 4. The third kappa shape index (κ3) is 2.90. The van der Waals surface area contributed by atoms with Gasteiger partial charge in [-0.2, -0.15) is 0 Å². The standard InChI is InChI=1S/C14H17N3O3/c1-4-20-14(19)10-7-9(2)5-6-11(10)15-12-8-13(18)16-17(12)3/h5-8,15H,4H2,1-3H3,(H,16,18). The molecule has 0 bridgehead atoms. The normalized spacial score (nSPS) is 10.3. The second-order valence-electron chi connectivity index (χ2n) is 4.46. The van der Waals surface area contributed by atoms with Crippen molar-refractivity contribution in [2.45, 2.75) is 13.8 Å². The van der Waals surface area contributed by atoms with Gasteiger partial charge in [-0.25, -0.2) is 4.79 Å². The summed E-state index contributed by atoms with van der Waals surface area (Å²) in [7, 11) is 1.71. The second-order valence-corrected chi connectivity index (χ2v) is 4.46. The highest BCUT2D eigenvalue weighted by atomic mass is 16.5. The van der Waals surface area contributed by atoms with Gasteiger partial charge in [-0.1, -0.05) is 11.6 Å². The summed E-state index contributed by atoms with van der Waals surface area (Å²) < 4.78 is 6.59. The molecule has 2 aromatic rings. The number of hydrogen-bond donors (Lipinski definition) is 2. The molecule has 6 heteroatoms. The Bertz CT molecular complexity index is 685. The molecule has 0 spiro atoms. The molecule has 1 aromatic carbocycles. The van der Waals surface area contributed by atoms with Gasteiger partial charge in [0.25, 0.3) is 5.56 Å². The molecule has 0 fully saturated rings. The lowest BCUT2D eigenvalue weighted by Gasteiger charge is -2.12. The van der Waals surface area contributed by atoms with Crippen molar-refractivity contribution >= 4 is 17.5 Å². The molecular weight excluding hydrogens is 258 g/mol. The summed E-state index contributed by atoms with van der Waals surface area (Å²) in [4.78, 5) is 23.2. The minimum atomic E-state index is -0.390. The van der Waals surface area contributed by atoms with Crippen molar-refractivity contribution in [3.05, 3.63) is 45.7 Å². The van der Waals surface area contributed by atoms with E-state index in [0.29, 0.717) is 23.7 Å². The number of nitrogens with zero attached hydrogens (tertiary/aromatic N) is 1. The predicted octanol–water partition coefficient (Wildman–Crippen LogP) is 1.94. The van der Waals surface area contributed by atoms with Crippen LogP contribution in [0, 0.1) is 6.92 Å². The van der Waals surface area contributed by atoms with Gasteiger partial charge in [-0.15, -0.1) is 0 Å². The monoisotopic (exact) mass is 275 g/mol. The Kier molecular flexibility index (Phi) is 3.93. The van der Waals surface area contributed by atoms with E-state index in [1.165, 1.54) is 6.07 Å². The molecule has 6 nitrogen and oxygen atoms in total. The molecule has 2 N–H and O–H groups in total. The Hall–Kier alpha value is -2.50.